The van der Waals surface area contributed by atoms with Gasteiger partial charge < -0.3 is 15.3 Å². The van der Waals surface area contributed by atoms with Crippen molar-refractivity contribution in [2.24, 2.45) is 5.92 Å². The van der Waals surface area contributed by atoms with Gasteiger partial charge in [-0.3, -0.25) is 0 Å². The van der Waals surface area contributed by atoms with Crippen LogP contribution in [0.5, 0.6) is 5.75 Å². The van der Waals surface area contributed by atoms with Gasteiger partial charge in [0.15, 0.2) is 5.65 Å². The lowest BCUT2D eigenvalue weighted by Crippen LogP contribution is -2.53. The Hall–Kier alpha value is -3.24. The zero-order valence-electron chi connectivity index (χ0n) is 17.2. The molecule has 4 aromatic rings. The quantitative estimate of drug-likeness (QED) is 0.500. The lowest BCUT2D eigenvalue weighted by atomic mass is 10.0. The van der Waals surface area contributed by atoms with Crippen LogP contribution in [0, 0.1) is 5.92 Å². The number of pyridine rings is 1. The van der Waals surface area contributed by atoms with Gasteiger partial charge in [0.1, 0.15) is 17.0 Å². The molecule has 10 heteroatoms. The summed E-state index contributed by atoms with van der Waals surface area (Å²) in [7, 11) is 0. The van der Waals surface area contributed by atoms with Gasteiger partial charge >= 0.3 is 0 Å². The minimum absolute atomic E-state index is 0.111. The second kappa shape index (κ2) is 8.12. The molecule has 5 rings (SSSR count). The van der Waals surface area contributed by atoms with E-state index in [2.05, 4.69) is 53.0 Å². The average molecular weight is 435 g/mol. The molecule has 0 unspecified atom stereocenters. The topological polar surface area (TPSA) is 113 Å². The minimum atomic E-state index is 0.111. The maximum absolute atomic E-state index is 10.6. The van der Waals surface area contributed by atoms with Gasteiger partial charge in [-0.2, -0.15) is 8.75 Å². The Bertz CT molecular complexity index is 1210. The van der Waals surface area contributed by atoms with Crippen LogP contribution in [0.25, 0.3) is 33.5 Å². The highest BCUT2D eigenvalue weighted by Gasteiger charge is 2.23. The molecule has 4 heterocycles. The van der Waals surface area contributed by atoms with Crippen LogP contribution in [0.3, 0.4) is 0 Å². The Morgan fingerprint density at radius 3 is 2.77 bits per heavy atom. The molecule has 3 aromatic heterocycles. The first-order valence-corrected chi connectivity index (χ1v) is 10.9. The van der Waals surface area contributed by atoms with Gasteiger partial charge in [0.25, 0.3) is 0 Å². The average Bonchev–Trinajstić information content (AvgIpc) is 3.27. The van der Waals surface area contributed by atoms with E-state index in [9.17, 15) is 5.11 Å². The number of nitrogens with one attached hydrogen (secondary N) is 1. The van der Waals surface area contributed by atoms with Crippen LogP contribution >= 0.6 is 11.7 Å². The number of aromatic nitrogens is 6. The van der Waals surface area contributed by atoms with E-state index in [0.29, 0.717) is 34.8 Å². The first kappa shape index (κ1) is 19.7. The summed E-state index contributed by atoms with van der Waals surface area (Å²) in [5.74, 6) is 1.26. The van der Waals surface area contributed by atoms with Gasteiger partial charge in [-0.05, 0) is 29.7 Å². The summed E-state index contributed by atoms with van der Waals surface area (Å²) in [6.45, 7) is 7.01. The lowest BCUT2D eigenvalue weighted by Gasteiger charge is -2.35. The fourth-order valence-corrected chi connectivity index (χ4v) is 4.20. The maximum Gasteiger partial charge on any atom is 0.245 e. The van der Waals surface area contributed by atoms with E-state index in [4.69, 9.17) is 0 Å². The third kappa shape index (κ3) is 3.91. The molecule has 1 aliphatic heterocycles. The van der Waals surface area contributed by atoms with E-state index in [1.165, 1.54) is 0 Å². The Morgan fingerprint density at radius 2 is 2.00 bits per heavy atom. The summed E-state index contributed by atoms with van der Waals surface area (Å²) in [6, 6.07) is 7.74. The smallest absolute Gasteiger partial charge is 0.245 e. The van der Waals surface area contributed by atoms with Gasteiger partial charge in [-0.25, -0.2) is 9.97 Å². The lowest BCUT2D eigenvalue weighted by molar-refractivity contribution is 0.365. The minimum Gasteiger partial charge on any atom is -0.507 e. The van der Waals surface area contributed by atoms with Gasteiger partial charge in [-0.15, -0.1) is 10.2 Å². The van der Waals surface area contributed by atoms with Crippen LogP contribution in [0.4, 0.5) is 5.95 Å². The standard InChI is InChI=1S/C21H22N8OS/c1-12(2)18-11-29(6-5-22-18)21-24-10-17(25-26-21)15-4-3-13(8-19(15)30)14-7-16-20(23-9-14)28-31-27-16/h3-4,7-10,12,18,22,30H,5-6,11H2,1-2H3/t18-/m1/s1. The van der Waals surface area contributed by atoms with E-state index in [-0.39, 0.29) is 5.75 Å². The van der Waals surface area contributed by atoms with Crippen molar-refractivity contribution in [3.63, 3.8) is 0 Å². The fourth-order valence-electron chi connectivity index (χ4n) is 3.72. The molecule has 1 fully saturated rings. The molecule has 2 N–H and O–H groups in total. The molecule has 1 aromatic carbocycles. The molecule has 0 bridgehead atoms. The zero-order chi connectivity index (χ0) is 21.4. The summed E-state index contributed by atoms with van der Waals surface area (Å²) in [5, 5.41) is 22.8. The molecular weight excluding hydrogens is 412 g/mol. The van der Waals surface area contributed by atoms with Gasteiger partial charge in [-0.1, -0.05) is 19.9 Å². The van der Waals surface area contributed by atoms with Crippen LogP contribution in [0.15, 0.2) is 36.7 Å². The van der Waals surface area contributed by atoms with Crippen molar-refractivity contribution in [3.8, 4) is 28.1 Å². The third-order valence-electron chi connectivity index (χ3n) is 5.56. The van der Waals surface area contributed by atoms with E-state index in [1.54, 1.807) is 18.5 Å². The van der Waals surface area contributed by atoms with E-state index in [1.807, 2.05) is 18.2 Å². The number of phenols is 1. The SMILES string of the molecule is CC(C)[C@H]1CN(c2ncc(-c3ccc(-c4cnc5nsnc5c4)cc3O)nn2)CCN1. The summed E-state index contributed by atoms with van der Waals surface area (Å²) >= 11 is 1.13. The van der Waals surface area contributed by atoms with Gasteiger partial charge in [0.2, 0.25) is 5.95 Å². The van der Waals surface area contributed by atoms with Crippen molar-refractivity contribution in [1.29, 1.82) is 0 Å². The van der Waals surface area contributed by atoms with Crippen LogP contribution in [-0.2, 0) is 0 Å². The highest BCUT2D eigenvalue weighted by molar-refractivity contribution is 7.00. The number of hydrogen-bond donors (Lipinski definition) is 2. The number of aromatic hydroxyl groups is 1. The number of fused-ring (bicyclic) bond motifs is 1. The molecule has 0 radical (unpaired) electrons. The van der Waals surface area contributed by atoms with Crippen LogP contribution in [-0.4, -0.2) is 59.7 Å². The number of nitrogens with zero attached hydrogens (tertiary/aromatic N) is 7. The second-order valence-corrected chi connectivity index (χ2v) is 8.49. The predicted molar refractivity (Wildman–Crippen MR) is 120 cm³/mol. The first-order chi connectivity index (χ1) is 15.1. The Labute approximate surface area is 183 Å². The van der Waals surface area contributed by atoms with E-state index >= 15 is 0 Å². The van der Waals surface area contributed by atoms with Crippen molar-refractivity contribution < 1.29 is 5.11 Å². The highest BCUT2D eigenvalue weighted by atomic mass is 32.1. The molecule has 1 saturated heterocycles. The van der Waals surface area contributed by atoms with Gasteiger partial charge in [0, 0.05) is 43.0 Å². The summed E-state index contributed by atoms with van der Waals surface area (Å²) in [6.07, 6.45) is 3.39. The second-order valence-electron chi connectivity index (χ2n) is 7.96. The third-order valence-corrected chi connectivity index (χ3v) is 6.10. The monoisotopic (exact) mass is 434 g/mol. The largest absolute Gasteiger partial charge is 0.507 e. The normalized spacial score (nSPS) is 16.9. The molecule has 0 saturated carbocycles. The summed E-state index contributed by atoms with van der Waals surface area (Å²) in [4.78, 5) is 11.0. The van der Waals surface area contributed by atoms with E-state index in [0.717, 1.165) is 48.0 Å². The van der Waals surface area contributed by atoms with E-state index < -0.39 is 0 Å². The Balaban J connectivity index is 1.37. The molecule has 0 aliphatic carbocycles. The molecule has 31 heavy (non-hydrogen) atoms. The van der Waals surface area contributed by atoms with Gasteiger partial charge in [0.05, 0.1) is 17.9 Å². The van der Waals surface area contributed by atoms with Crippen molar-refractivity contribution in [1.82, 2.24) is 34.2 Å². The van der Waals surface area contributed by atoms with Crippen LogP contribution in [0.1, 0.15) is 13.8 Å². The number of piperazine rings is 1. The zero-order valence-corrected chi connectivity index (χ0v) is 18.0. The molecule has 1 aliphatic rings. The number of hydrogen-bond acceptors (Lipinski definition) is 10. The van der Waals surface area contributed by atoms with Crippen molar-refractivity contribution in [2.45, 2.75) is 19.9 Å². The summed E-state index contributed by atoms with van der Waals surface area (Å²) in [5.41, 5.74) is 4.17. The van der Waals surface area contributed by atoms with Crippen LogP contribution < -0.4 is 10.2 Å². The molecule has 1 atom stereocenters. The number of benzene rings is 1. The Morgan fingerprint density at radius 1 is 1.10 bits per heavy atom. The van der Waals surface area contributed by atoms with Crippen molar-refractivity contribution in [2.75, 3.05) is 24.5 Å². The predicted octanol–water partition coefficient (Wildman–Crippen LogP) is 2.75. The number of anilines is 1. The molecule has 0 spiro atoms. The first-order valence-electron chi connectivity index (χ1n) is 10.2. The highest BCUT2D eigenvalue weighted by Crippen LogP contribution is 2.32. The number of rotatable bonds is 4. The fraction of sp³-hybridized carbons (Fsp3) is 0.333. The maximum atomic E-state index is 10.6. The molecule has 158 valence electrons. The van der Waals surface area contributed by atoms with Crippen molar-refractivity contribution >= 4 is 28.8 Å². The molecule has 0 amide bonds. The van der Waals surface area contributed by atoms with Crippen molar-refractivity contribution in [3.05, 3.63) is 36.7 Å². The molecule has 9 nitrogen and oxygen atoms in total. The number of phenolic OH excluding ortho intramolecular Hbond substituents is 1. The van der Waals surface area contributed by atoms with Crippen LogP contribution in [0.2, 0.25) is 0 Å². The summed E-state index contributed by atoms with van der Waals surface area (Å²) < 4.78 is 8.34. The Kier molecular flexibility index (Phi) is 5.16. The molecular formula is C21H22N8OS.